The zero-order valence-corrected chi connectivity index (χ0v) is 11.6. The van der Waals surface area contributed by atoms with E-state index < -0.39 is 0 Å². The highest BCUT2D eigenvalue weighted by Crippen LogP contribution is 2.20. The van der Waals surface area contributed by atoms with Crippen LogP contribution in [0.4, 0.5) is 0 Å². The normalized spacial score (nSPS) is 20.2. The van der Waals surface area contributed by atoms with Gasteiger partial charge in [0, 0.05) is 11.9 Å². The summed E-state index contributed by atoms with van der Waals surface area (Å²) in [5, 5.41) is 4.67. The lowest BCUT2D eigenvalue weighted by atomic mass is 9.99. The van der Waals surface area contributed by atoms with Crippen LogP contribution >= 0.6 is 0 Å². The van der Waals surface area contributed by atoms with Crippen LogP contribution in [-0.4, -0.2) is 31.6 Å². The van der Waals surface area contributed by atoms with Gasteiger partial charge in [-0.1, -0.05) is 18.2 Å². The van der Waals surface area contributed by atoms with E-state index in [1.807, 2.05) is 12.1 Å². The van der Waals surface area contributed by atoms with Crippen molar-refractivity contribution < 1.29 is 4.42 Å². The van der Waals surface area contributed by atoms with Gasteiger partial charge >= 0.3 is 0 Å². The van der Waals surface area contributed by atoms with Crippen molar-refractivity contribution >= 4 is 11.0 Å². The molecule has 0 bridgehead atoms. The molecule has 0 spiro atoms. The lowest BCUT2D eigenvalue weighted by molar-refractivity contribution is 0.226. The number of piperidine rings is 1. The van der Waals surface area contributed by atoms with E-state index in [-0.39, 0.29) is 0 Å². The van der Waals surface area contributed by atoms with Gasteiger partial charge in [-0.3, -0.25) is 4.90 Å². The molecule has 1 N–H and O–H groups in total. The highest BCUT2D eigenvalue weighted by atomic mass is 16.3. The summed E-state index contributed by atoms with van der Waals surface area (Å²) >= 11 is 0. The minimum absolute atomic E-state index is 0.781. The smallest absolute Gasteiger partial charge is 0.134 e. The van der Waals surface area contributed by atoms with Gasteiger partial charge in [0.25, 0.3) is 0 Å². The van der Waals surface area contributed by atoms with Crippen LogP contribution in [0.2, 0.25) is 0 Å². The summed E-state index contributed by atoms with van der Waals surface area (Å²) in [6.07, 6.45) is 2.65. The SMILES string of the molecule is CN(Cc1cc2ccccc2o1)CC1CCCNC1. The first-order chi connectivity index (χ1) is 9.31. The summed E-state index contributed by atoms with van der Waals surface area (Å²) in [5.74, 6) is 1.84. The summed E-state index contributed by atoms with van der Waals surface area (Å²) in [6.45, 7) is 4.38. The van der Waals surface area contributed by atoms with Crippen molar-refractivity contribution in [3.8, 4) is 0 Å². The molecule has 1 unspecified atom stereocenters. The maximum absolute atomic E-state index is 5.87. The molecule has 1 saturated heterocycles. The van der Waals surface area contributed by atoms with E-state index in [1.54, 1.807) is 0 Å². The topological polar surface area (TPSA) is 28.4 Å². The Balaban J connectivity index is 1.60. The summed E-state index contributed by atoms with van der Waals surface area (Å²) in [6, 6.07) is 10.4. The van der Waals surface area contributed by atoms with Gasteiger partial charge in [-0.2, -0.15) is 0 Å². The van der Waals surface area contributed by atoms with Crippen molar-refractivity contribution in [1.82, 2.24) is 10.2 Å². The van der Waals surface area contributed by atoms with Crippen LogP contribution in [-0.2, 0) is 6.54 Å². The molecule has 1 aromatic carbocycles. The molecule has 3 heteroatoms. The Hall–Kier alpha value is -1.32. The fourth-order valence-corrected chi connectivity index (χ4v) is 2.97. The summed E-state index contributed by atoms with van der Waals surface area (Å²) in [5.41, 5.74) is 0.991. The predicted molar refractivity (Wildman–Crippen MR) is 78.1 cm³/mol. The highest BCUT2D eigenvalue weighted by Gasteiger charge is 2.15. The van der Waals surface area contributed by atoms with E-state index in [9.17, 15) is 0 Å². The molecule has 1 atom stereocenters. The van der Waals surface area contributed by atoms with Crippen LogP contribution in [0.3, 0.4) is 0 Å². The molecule has 0 saturated carbocycles. The average molecular weight is 258 g/mol. The van der Waals surface area contributed by atoms with Crippen LogP contribution in [0.5, 0.6) is 0 Å². The van der Waals surface area contributed by atoms with Crippen molar-refractivity contribution in [3.05, 3.63) is 36.1 Å². The molecule has 3 rings (SSSR count). The Morgan fingerprint density at radius 2 is 2.26 bits per heavy atom. The van der Waals surface area contributed by atoms with Crippen LogP contribution in [0, 0.1) is 5.92 Å². The number of furan rings is 1. The van der Waals surface area contributed by atoms with Gasteiger partial charge in [-0.05, 0) is 51.0 Å². The largest absolute Gasteiger partial charge is 0.460 e. The van der Waals surface area contributed by atoms with Crippen LogP contribution in [0.1, 0.15) is 18.6 Å². The molecule has 2 aromatic rings. The Morgan fingerprint density at radius 1 is 1.37 bits per heavy atom. The first-order valence-corrected chi connectivity index (χ1v) is 7.18. The van der Waals surface area contributed by atoms with Crippen molar-refractivity contribution in [3.63, 3.8) is 0 Å². The second-order valence-corrected chi connectivity index (χ2v) is 5.66. The lowest BCUT2D eigenvalue weighted by Gasteiger charge is -2.27. The molecule has 1 fully saturated rings. The monoisotopic (exact) mass is 258 g/mol. The van der Waals surface area contributed by atoms with Gasteiger partial charge in [0.15, 0.2) is 0 Å². The molecule has 1 aliphatic heterocycles. The van der Waals surface area contributed by atoms with E-state index in [1.165, 1.54) is 24.8 Å². The highest BCUT2D eigenvalue weighted by molar-refractivity contribution is 5.77. The second-order valence-electron chi connectivity index (χ2n) is 5.66. The Labute approximate surface area is 114 Å². The molecule has 1 aromatic heterocycles. The number of para-hydroxylation sites is 1. The van der Waals surface area contributed by atoms with Gasteiger partial charge in [0.1, 0.15) is 11.3 Å². The molecule has 1 aliphatic rings. The number of fused-ring (bicyclic) bond motifs is 1. The molecule has 0 radical (unpaired) electrons. The fourth-order valence-electron chi connectivity index (χ4n) is 2.97. The maximum atomic E-state index is 5.87. The zero-order chi connectivity index (χ0) is 13.1. The van der Waals surface area contributed by atoms with Crippen molar-refractivity contribution in [2.45, 2.75) is 19.4 Å². The van der Waals surface area contributed by atoms with Gasteiger partial charge < -0.3 is 9.73 Å². The van der Waals surface area contributed by atoms with Gasteiger partial charge in [-0.25, -0.2) is 0 Å². The second kappa shape index (κ2) is 5.76. The summed E-state index contributed by atoms with van der Waals surface area (Å²) < 4.78 is 5.87. The molecule has 19 heavy (non-hydrogen) atoms. The molecule has 0 amide bonds. The van der Waals surface area contributed by atoms with Crippen molar-refractivity contribution in [2.75, 3.05) is 26.7 Å². The third kappa shape index (κ3) is 3.17. The number of rotatable bonds is 4. The first kappa shape index (κ1) is 12.7. The van der Waals surface area contributed by atoms with Crippen LogP contribution < -0.4 is 5.32 Å². The van der Waals surface area contributed by atoms with E-state index in [0.29, 0.717) is 0 Å². The zero-order valence-electron chi connectivity index (χ0n) is 11.6. The Morgan fingerprint density at radius 3 is 3.05 bits per heavy atom. The Bertz CT molecular complexity index is 495. The van der Waals surface area contributed by atoms with Crippen LogP contribution in [0.25, 0.3) is 11.0 Å². The maximum Gasteiger partial charge on any atom is 0.134 e. The number of nitrogens with one attached hydrogen (secondary N) is 1. The minimum Gasteiger partial charge on any atom is -0.460 e. The predicted octanol–water partition coefficient (Wildman–Crippen LogP) is 2.86. The fraction of sp³-hybridized carbons (Fsp3) is 0.500. The number of hydrogen-bond acceptors (Lipinski definition) is 3. The summed E-state index contributed by atoms with van der Waals surface area (Å²) in [4.78, 5) is 2.37. The third-order valence-electron chi connectivity index (χ3n) is 3.87. The molecule has 102 valence electrons. The molecule has 3 nitrogen and oxygen atoms in total. The third-order valence-corrected chi connectivity index (χ3v) is 3.87. The standard InChI is InChI=1S/C16H22N2O/c1-18(11-13-5-4-8-17-10-13)12-15-9-14-6-2-3-7-16(14)19-15/h2-3,6-7,9,13,17H,4-5,8,10-12H2,1H3. The molecular formula is C16H22N2O. The first-order valence-electron chi connectivity index (χ1n) is 7.18. The van der Waals surface area contributed by atoms with Gasteiger partial charge in [0.05, 0.1) is 6.54 Å². The van der Waals surface area contributed by atoms with Crippen LogP contribution in [0.15, 0.2) is 34.7 Å². The molecule has 2 heterocycles. The van der Waals surface area contributed by atoms with E-state index >= 15 is 0 Å². The summed E-state index contributed by atoms with van der Waals surface area (Å²) in [7, 11) is 2.18. The lowest BCUT2D eigenvalue weighted by Crippen LogP contribution is -2.36. The van der Waals surface area contributed by atoms with Gasteiger partial charge in [-0.15, -0.1) is 0 Å². The van der Waals surface area contributed by atoms with Crippen molar-refractivity contribution in [1.29, 1.82) is 0 Å². The van der Waals surface area contributed by atoms with E-state index in [2.05, 4.69) is 35.5 Å². The number of hydrogen-bond donors (Lipinski definition) is 1. The molecule has 0 aliphatic carbocycles. The average Bonchev–Trinajstić information content (AvgIpc) is 2.81. The van der Waals surface area contributed by atoms with Crippen molar-refractivity contribution in [2.24, 2.45) is 5.92 Å². The van der Waals surface area contributed by atoms with E-state index in [0.717, 1.165) is 36.9 Å². The van der Waals surface area contributed by atoms with E-state index in [4.69, 9.17) is 4.42 Å². The quantitative estimate of drug-likeness (QED) is 0.914. The number of nitrogens with zero attached hydrogens (tertiary/aromatic N) is 1. The molecular weight excluding hydrogens is 236 g/mol. The Kier molecular flexibility index (Phi) is 3.85. The van der Waals surface area contributed by atoms with Gasteiger partial charge in [0.2, 0.25) is 0 Å². The minimum atomic E-state index is 0.781. The number of benzene rings is 1.